The molecule has 2 aromatic rings. The third-order valence-corrected chi connectivity index (χ3v) is 2.32. The molecule has 2 rings (SSSR count). The van der Waals surface area contributed by atoms with E-state index >= 15 is 0 Å². The van der Waals surface area contributed by atoms with Crippen LogP contribution in [0.3, 0.4) is 0 Å². The molecular weight excluding hydrogens is 160 g/mol. The van der Waals surface area contributed by atoms with E-state index in [0.717, 1.165) is 5.56 Å². The summed E-state index contributed by atoms with van der Waals surface area (Å²) in [6, 6.07) is 6.23. The Hall–Kier alpha value is -1.41. The second-order valence-electron chi connectivity index (χ2n) is 3.17. The zero-order valence-corrected chi connectivity index (χ0v) is 7.62. The fourth-order valence-corrected chi connectivity index (χ4v) is 1.57. The molecule has 0 radical (unpaired) electrons. The minimum Gasteiger partial charge on any atom is -0.326 e. The molecule has 1 aromatic heterocycles. The van der Waals surface area contributed by atoms with E-state index in [0.29, 0.717) is 6.54 Å². The third-order valence-electron chi connectivity index (χ3n) is 2.32. The summed E-state index contributed by atoms with van der Waals surface area (Å²) in [5.74, 6) is 0. The number of nitrogens with zero attached hydrogens (tertiary/aromatic N) is 1. The van der Waals surface area contributed by atoms with Gasteiger partial charge in [-0.25, -0.2) is 0 Å². The van der Waals surface area contributed by atoms with Gasteiger partial charge < -0.3 is 5.73 Å². The predicted octanol–water partition coefficient (Wildman–Crippen LogP) is 2.00. The van der Waals surface area contributed by atoms with Crippen molar-refractivity contribution in [2.24, 2.45) is 5.73 Å². The second-order valence-corrected chi connectivity index (χ2v) is 3.17. The summed E-state index contributed by atoms with van der Waals surface area (Å²) in [7, 11) is 0. The van der Waals surface area contributed by atoms with Crippen LogP contribution < -0.4 is 5.73 Å². The molecule has 0 atom stereocenters. The lowest BCUT2D eigenvalue weighted by Crippen LogP contribution is -1.98. The maximum absolute atomic E-state index is 5.63. The largest absolute Gasteiger partial charge is 0.326 e. The van der Waals surface area contributed by atoms with Gasteiger partial charge in [-0.2, -0.15) is 0 Å². The van der Waals surface area contributed by atoms with Gasteiger partial charge in [0, 0.05) is 24.3 Å². The third kappa shape index (κ3) is 1.29. The van der Waals surface area contributed by atoms with Crippen LogP contribution in [0.2, 0.25) is 0 Å². The van der Waals surface area contributed by atoms with Gasteiger partial charge in [0.15, 0.2) is 0 Å². The summed E-state index contributed by atoms with van der Waals surface area (Å²) >= 11 is 0. The Bertz CT molecular complexity index is 435. The molecule has 2 nitrogen and oxygen atoms in total. The number of rotatable bonds is 1. The summed E-state index contributed by atoms with van der Waals surface area (Å²) < 4.78 is 0. The van der Waals surface area contributed by atoms with Crippen molar-refractivity contribution in [3.8, 4) is 0 Å². The maximum atomic E-state index is 5.63. The summed E-state index contributed by atoms with van der Waals surface area (Å²) in [6.45, 7) is 2.64. The Kier molecular flexibility index (Phi) is 1.99. The van der Waals surface area contributed by atoms with Crippen molar-refractivity contribution in [1.29, 1.82) is 0 Å². The van der Waals surface area contributed by atoms with Crippen molar-refractivity contribution in [1.82, 2.24) is 4.98 Å². The van der Waals surface area contributed by atoms with E-state index in [-0.39, 0.29) is 0 Å². The molecular formula is C11H12N2. The summed E-state index contributed by atoms with van der Waals surface area (Å²) in [5, 5.41) is 2.42. The van der Waals surface area contributed by atoms with Crippen LogP contribution in [0.25, 0.3) is 10.8 Å². The van der Waals surface area contributed by atoms with Gasteiger partial charge in [-0.05, 0) is 23.4 Å². The molecule has 13 heavy (non-hydrogen) atoms. The molecule has 1 heterocycles. The van der Waals surface area contributed by atoms with Crippen molar-refractivity contribution in [3.05, 3.63) is 41.7 Å². The SMILES string of the molecule is Cc1cccc2c(CN)cncc12. The van der Waals surface area contributed by atoms with Gasteiger partial charge in [-0.3, -0.25) is 4.98 Å². The fourth-order valence-electron chi connectivity index (χ4n) is 1.57. The molecule has 0 amide bonds. The number of hydrogen-bond donors (Lipinski definition) is 1. The summed E-state index contributed by atoms with van der Waals surface area (Å²) in [4.78, 5) is 4.16. The Morgan fingerprint density at radius 3 is 2.85 bits per heavy atom. The highest BCUT2D eigenvalue weighted by Crippen LogP contribution is 2.19. The van der Waals surface area contributed by atoms with E-state index in [1.165, 1.54) is 16.3 Å². The van der Waals surface area contributed by atoms with Gasteiger partial charge in [0.25, 0.3) is 0 Å². The lowest BCUT2D eigenvalue weighted by Gasteiger charge is -2.04. The van der Waals surface area contributed by atoms with Gasteiger partial charge >= 0.3 is 0 Å². The first-order chi connectivity index (χ1) is 6.33. The highest BCUT2D eigenvalue weighted by atomic mass is 14.6. The van der Waals surface area contributed by atoms with Gasteiger partial charge in [-0.15, -0.1) is 0 Å². The van der Waals surface area contributed by atoms with E-state index in [1.54, 1.807) is 0 Å². The molecule has 0 saturated heterocycles. The van der Waals surface area contributed by atoms with Crippen molar-refractivity contribution in [2.75, 3.05) is 0 Å². The van der Waals surface area contributed by atoms with Crippen LogP contribution in [-0.2, 0) is 6.54 Å². The van der Waals surface area contributed by atoms with Crippen molar-refractivity contribution in [3.63, 3.8) is 0 Å². The van der Waals surface area contributed by atoms with Crippen molar-refractivity contribution < 1.29 is 0 Å². The van der Waals surface area contributed by atoms with Crippen LogP contribution in [0.4, 0.5) is 0 Å². The topological polar surface area (TPSA) is 38.9 Å². The lowest BCUT2D eigenvalue weighted by molar-refractivity contribution is 1.07. The van der Waals surface area contributed by atoms with Crippen LogP contribution in [0, 0.1) is 6.92 Å². The Morgan fingerprint density at radius 1 is 1.23 bits per heavy atom. The number of benzene rings is 1. The molecule has 2 heteroatoms. The molecule has 1 aromatic carbocycles. The average molecular weight is 172 g/mol. The van der Waals surface area contributed by atoms with Crippen molar-refractivity contribution >= 4 is 10.8 Å². The monoisotopic (exact) mass is 172 g/mol. The second kappa shape index (κ2) is 3.15. The van der Waals surface area contributed by atoms with Gasteiger partial charge in [0.05, 0.1) is 0 Å². The van der Waals surface area contributed by atoms with Gasteiger partial charge in [0.2, 0.25) is 0 Å². The van der Waals surface area contributed by atoms with E-state index in [2.05, 4.69) is 30.1 Å². The Morgan fingerprint density at radius 2 is 2.08 bits per heavy atom. The molecule has 0 saturated carbocycles. The molecule has 0 bridgehead atoms. The molecule has 66 valence electrons. The highest BCUT2D eigenvalue weighted by Gasteiger charge is 2.00. The maximum Gasteiger partial charge on any atom is 0.0349 e. The number of fused-ring (bicyclic) bond motifs is 1. The smallest absolute Gasteiger partial charge is 0.0349 e. The zero-order valence-electron chi connectivity index (χ0n) is 7.62. The lowest BCUT2D eigenvalue weighted by atomic mass is 10.0. The predicted molar refractivity (Wildman–Crippen MR) is 54.4 cm³/mol. The molecule has 0 fully saturated rings. The Balaban J connectivity index is 2.84. The number of pyridine rings is 1. The normalized spacial score (nSPS) is 10.6. The number of aryl methyl sites for hydroxylation is 1. The van der Waals surface area contributed by atoms with Crippen LogP contribution >= 0.6 is 0 Å². The quantitative estimate of drug-likeness (QED) is 0.714. The van der Waals surface area contributed by atoms with Crippen LogP contribution in [0.15, 0.2) is 30.6 Å². The van der Waals surface area contributed by atoms with Crippen molar-refractivity contribution in [2.45, 2.75) is 13.5 Å². The molecule has 2 N–H and O–H groups in total. The molecule has 0 aliphatic rings. The first-order valence-electron chi connectivity index (χ1n) is 4.35. The average Bonchev–Trinajstić information content (AvgIpc) is 2.18. The first kappa shape index (κ1) is 8.20. The first-order valence-corrected chi connectivity index (χ1v) is 4.35. The molecule has 0 spiro atoms. The Labute approximate surface area is 77.4 Å². The van der Waals surface area contributed by atoms with Crippen LogP contribution in [0.1, 0.15) is 11.1 Å². The minimum absolute atomic E-state index is 0.549. The minimum atomic E-state index is 0.549. The number of nitrogens with two attached hydrogens (primary N) is 1. The van der Waals surface area contributed by atoms with E-state index < -0.39 is 0 Å². The zero-order chi connectivity index (χ0) is 9.26. The van der Waals surface area contributed by atoms with E-state index in [1.807, 2.05) is 12.4 Å². The molecule has 0 aliphatic carbocycles. The standard InChI is InChI=1S/C11H12N2/c1-8-3-2-4-10-9(5-12)6-13-7-11(8)10/h2-4,6-7H,5,12H2,1H3. The highest BCUT2D eigenvalue weighted by molar-refractivity contribution is 5.87. The molecule has 0 aliphatic heterocycles. The summed E-state index contributed by atoms with van der Waals surface area (Å²) in [6.07, 6.45) is 3.73. The number of aromatic nitrogens is 1. The van der Waals surface area contributed by atoms with Crippen LogP contribution in [-0.4, -0.2) is 4.98 Å². The fraction of sp³-hybridized carbons (Fsp3) is 0.182. The van der Waals surface area contributed by atoms with E-state index in [4.69, 9.17) is 5.73 Å². The van der Waals surface area contributed by atoms with Gasteiger partial charge in [-0.1, -0.05) is 18.2 Å². The number of hydrogen-bond acceptors (Lipinski definition) is 2. The van der Waals surface area contributed by atoms with Gasteiger partial charge in [0.1, 0.15) is 0 Å². The van der Waals surface area contributed by atoms with Crippen LogP contribution in [0.5, 0.6) is 0 Å². The molecule has 0 unspecified atom stereocenters. The summed E-state index contributed by atoms with van der Waals surface area (Å²) in [5.41, 5.74) is 7.99. The van der Waals surface area contributed by atoms with E-state index in [9.17, 15) is 0 Å².